The van der Waals surface area contributed by atoms with Crippen LogP contribution in [0.25, 0.3) is 0 Å². The fraction of sp³-hybridized carbons (Fsp3) is 0.550. The van der Waals surface area contributed by atoms with Gasteiger partial charge in [-0.2, -0.15) is 0 Å². The molecule has 1 aromatic heterocycles. The first-order chi connectivity index (χ1) is 13.3. The molecule has 152 valence electrons. The summed E-state index contributed by atoms with van der Waals surface area (Å²) >= 11 is 0. The Bertz CT molecular complexity index is 822. The van der Waals surface area contributed by atoms with Crippen molar-refractivity contribution in [2.45, 2.75) is 51.7 Å². The molecule has 0 atom stereocenters. The van der Waals surface area contributed by atoms with Gasteiger partial charge < -0.3 is 10.1 Å². The van der Waals surface area contributed by atoms with Gasteiger partial charge in [-0.05, 0) is 51.3 Å². The molecule has 0 saturated carbocycles. The van der Waals surface area contributed by atoms with Crippen molar-refractivity contribution in [1.82, 2.24) is 25.2 Å². The second-order valence-electron chi connectivity index (χ2n) is 8.21. The van der Waals surface area contributed by atoms with Gasteiger partial charge in [-0.3, -0.25) is 9.69 Å². The quantitative estimate of drug-likeness (QED) is 0.851. The Balaban J connectivity index is 1.49. The molecule has 2 aromatic rings. The molecule has 1 N–H and O–H groups in total. The van der Waals surface area contributed by atoms with E-state index in [9.17, 15) is 9.18 Å². The zero-order chi connectivity index (χ0) is 20.3. The minimum absolute atomic E-state index is 0.108. The smallest absolute Gasteiger partial charge is 0.273 e. The van der Waals surface area contributed by atoms with Crippen molar-refractivity contribution in [2.75, 3.05) is 20.2 Å². The number of piperidine rings is 1. The highest BCUT2D eigenvalue weighted by atomic mass is 19.1. The van der Waals surface area contributed by atoms with Gasteiger partial charge in [0.1, 0.15) is 0 Å². The second kappa shape index (κ2) is 8.26. The summed E-state index contributed by atoms with van der Waals surface area (Å²) in [6.45, 7) is 8.39. The molecule has 2 heterocycles. The standard InChI is InChI=1S/C20H28FN5O2/c1-20(2,3)26-13-17(23-24-26)19(27)22-15-7-9-25(10-8-15)12-14-5-6-18(28-4)16(21)11-14/h5-6,11,13,15H,7-10,12H2,1-4H3,(H,22,27). The summed E-state index contributed by atoms with van der Waals surface area (Å²) < 4.78 is 20.5. The third kappa shape index (κ3) is 4.86. The third-order valence-electron chi connectivity index (χ3n) is 4.96. The lowest BCUT2D eigenvalue weighted by Gasteiger charge is -2.32. The van der Waals surface area contributed by atoms with Crippen LogP contribution in [0.2, 0.25) is 0 Å². The zero-order valence-electron chi connectivity index (χ0n) is 16.9. The Morgan fingerprint density at radius 3 is 2.61 bits per heavy atom. The highest BCUT2D eigenvalue weighted by molar-refractivity contribution is 5.92. The van der Waals surface area contributed by atoms with Crippen LogP contribution >= 0.6 is 0 Å². The average Bonchev–Trinajstić information content (AvgIpc) is 3.14. The predicted molar refractivity (Wildman–Crippen MR) is 104 cm³/mol. The number of methoxy groups -OCH3 is 1. The molecule has 1 saturated heterocycles. The van der Waals surface area contributed by atoms with E-state index in [0.717, 1.165) is 31.5 Å². The van der Waals surface area contributed by atoms with Gasteiger partial charge in [-0.15, -0.1) is 5.10 Å². The molecule has 8 heteroatoms. The number of carbonyl (C=O) groups excluding carboxylic acids is 1. The zero-order valence-corrected chi connectivity index (χ0v) is 16.9. The number of halogens is 1. The summed E-state index contributed by atoms with van der Waals surface area (Å²) in [5, 5.41) is 11.1. The molecule has 0 bridgehead atoms. The van der Waals surface area contributed by atoms with Crippen LogP contribution < -0.4 is 10.1 Å². The molecule has 0 unspecified atom stereocenters. The van der Waals surface area contributed by atoms with Crippen LogP contribution in [0.4, 0.5) is 4.39 Å². The molecular formula is C20H28FN5O2. The van der Waals surface area contributed by atoms with Gasteiger partial charge >= 0.3 is 0 Å². The highest BCUT2D eigenvalue weighted by Crippen LogP contribution is 2.20. The maximum Gasteiger partial charge on any atom is 0.273 e. The Hall–Kier alpha value is -2.48. The molecule has 1 aliphatic heterocycles. The minimum atomic E-state index is -0.342. The lowest BCUT2D eigenvalue weighted by atomic mass is 10.0. The molecule has 1 fully saturated rings. The average molecular weight is 389 g/mol. The molecule has 0 radical (unpaired) electrons. The van der Waals surface area contributed by atoms with Crippen LogP contribution in [0.5, 0.6) is 5.75 Å². The fourth-order valence-electron chi connectivity index (χ4n) is 3.26. The van der Waals surface area contributed by atoms with Gasteiger partial charge in [0.15, 0.2) is 17.3 Å². The van der Waals surface area contributed by atoms with E-state index in [1.54, 1.807) is 16.9 Å². The van der Waals surface area contributed by atoms with Crippen molar-refractivity contribution < 1.29 is 13.9 Å². The van der Waals surface area contributed by atoms with Crippen LogP contribution in [0, 0.1) is 5.82 Å². The number of amides is 1. The van der Waals surface area contributed by atoms with Crippen molar-refractivity contribution in [3.05, 3.63) is 41.5 Å². The first kappa shape index (κ1) is 20.3. The maximum absolute atomic E-state index is 13.8. The molecular weight excluding hydrogens is 361 g/mol. The normalized spacial score (nSPS) is 16.2. The summed E-state index contributed by atoms with van der Waals surface area (Å²) in [6, 6.07) is 5.17. The Kier molecular flexibility index (Phi) is 5.98. The van der Waals surface area contributed by atoms with E-state index in [1.165, 1.54) is 13.2 Å². The fourth-order valence-corrected chi connectivity index (χ4v) is 3.26. The summed E-state index contributed by atoms with van der Waals surface area (Å²) in [5.74, 6) is -0.273. The Labute approximate surface area is 164 Å². The minimum Gasteiger partial charge on any atom is -0.494 e. The third-order valence-corrected chi connectivity index (χ3v) is 4.96. The molecule has 7 nitrogen and oxygen atoms in total. The molecule has 28 heavy (non-hydrogen) atoms. The number of aromatic nitrogens is 3. The molecule has 1 amide bonds. The first-order valence-corrected chi connectivity index (χ1v) is 9.55. The maximum atomic E-state index is 13.8. The molecule has 3 rings (SSSR count). The number of nitrogens with zero attached hydrogens (tertiary/aromatic N) is 4. The second-order valence-corrected chi connectivity index (χ2v) is 8.21. The van der Waals surface area contributed by atoms with E-state index >= 15 is 0 Å². The van der Waals surface area contributed by atoms with Gasteiger partial charge in [-0.1, -0.05) is 11.3 Å². The molecule has 0 aliphatic carbocycles. The van der Waals surface area contributed by atoms with Crippen molar-refractivity contribution >= 4 is 5.91 Å². The van der Waals surface area contributed by atoms with Crippen LogP contribution in [-0.4, -0.2) is 52.0 Å². The van der Waals surface area contributed by atoms with Crippen molar-refractivity contribution in [2.24, 2.45) is 0 Å². The summed E-state index contributed by atoms with van der Waals surface area (Å²) in [6.07, 6.45) is 3.37. The molecule has 1 aromatic carbocycles. The summed E-state index contributed by atoms with van der Waals surface area (Å²) in [7, 11) is 1.46. The van der Waals surface area contributed by atoms with Crippen LogP contribution in [0.1, 0.15) is 49.7 Å². The van der Waals surface area contributed by atoms with Crippen LogP contribution in [0.3, 0.4) is 0 Å². The topological polar surface area (TPSA) is 72.3 Å². The van der Waals surface area contributed by atoms with Gasteiger partial charge in [0.05, 0.1) is 18.8 Å². The summed E-state index contributed by atoms with van der Waals surface area (Å²) in [4.78, 5) is 14.7. The van der Waals surface area contributed by atoms with Gasteiger partial charge in [-0.25, -0.2) is 9.07 Å². The van der Waals surface area contributed by atoms with E-state index in [0.29, 0.717) is 12.2 Å². The predicted octanol–water partition coefficient (Wildman–Crippen LogP) is 2.58. The SMILES string of the molecule is COc1ccc(CN2CCC(NC(=O)c3cn(C(C)(C)C)nn3)CC2)cc1F. The lowest BCUT2D eigenvalue weighted by Crippen LogP contribution is -2.44. The van der Waals surface area contributed by atoms with Crippen molar-refractivity contribution in [3.63, 3.8) is 0 Å². The monoisotopic (exact) mass is 389 g/mol. The van der Waals surface area contributed by atoms with Crippen LogP contribution in [-0.2, 0) is 12.1 Å². The number of likely N-dealkylation sites (tertiary alicyclic amines) is 1. The number of hydrogen-bond donors (Lipinski definition) is 1. The number of ether oxygens (including phenoxy) is 1. The van der Waals surface area contributed by atoms with E-state index in [1.807, 2.05) is 26.8 Å². The van der Waals surface area contributed by atoms with Gasteiger partial charge in [0.25, 0.3) is 5.91 Å². The summed E-state index contributed by atoms with van der Waals surface area (Å²) in [5.41, 5.74) is 1.04. The number of hydrogen-bond acceptors (Lipinski definition) is 5. The largest absolute Gasteiger partial charge is 0.494 e. The highest BCUT2D eigenvalue weighted by Gasteiger charge is 2.24. The number of nitrogens with one attached hydrogen (secondary N) is 1. The number of benzene rings is 1. The van der Waals surface area contributed by atoms with E-state index < -0.39 is 0 Å². The number of carbonyl (C=O) groups is 1. The lowest BCUT2D eigenvalue weighted by molar-refractivity contribution is 0.0903. The van der Waals surface area contributed by atoms with Crippen molar-refractivity contribution in [3.8, 4) is 5.75 Å². The molecule has 0 spiro atoms. The van der Waals surface area contributed by atoms with Crippen LogP contribution in [0.15, 0.2) is 24.4 Å². The van der Waals surface area contributed by atoms with Crippen molar-refractivity contribution in [1.29, 1.82) is 0 Å². The van der Waals surface area contributed by atoms with Gasteiger partial charge in [0, 0.05) is 25.7 Å². The van der Waals surface area contributed by atoms with Gasteiger partial charge in [0.2, 0.25) is 0 Å². The Morgan fingerprint density at radius 2 is 2.04 bits per heavy atom. The first-order valence-electron chi connectivity index (χ1n) is 9.55. The Morgan fingerprint density at radius 1 is 1.32 bits per heavy atom. The molecule has 1 aliphatic rings. The van der Waals surface area contributed by atoms with E-state index in [4.69, 9.17) is 4.74 Å². The van der Waals surface area contributed by atoms with E-state index in [-0.39, 0.29) is 29.1 Å². The number of rotatable bonds is 5. The van der Waals surface area contributed by atoms with E-state index in [2.05, 4.69) is 20.5 Å².